The van der Waals surface area contributed by atoms with Gasteiger partial charge in [0, 0.05) is 39.6 Å². The van der Waals surface area contributed by atoms with Crippen molar-refractivity contribution in [3.63, 3.8) is 0 Å². The summed E-state index contributed by atoms with van der Waals surface area (Å²) in [6.45, 7) is 8.83. The average Bonchev–Trinajstić information content (AvgIpc) is 3.78. The molecule has 0 saturated heterocycles. The normalized spacial score (nSPS) is 13.3. The van der Waals surface area contributed by atoms with Crippen molar-refractivity contribution >= 4 is 88.0 Å². The summed E-state index contributed by atoms with van der Waals surface area (Å²) < 4.78 is 1.46. The minimum atomic E-state index is -1.37. The summed E-state index contributed by atoms with van der Waals surface area (Å²) in [7, 11) is 0. The lowest BCUT2D eigenvalue weighted by atomic mass is 10.0. The molecule has 32 nitrogen and oxygen atoms in total. The summed E-state index contributed by atoms with van der Waals surface area (Å²) in [5.41, 5.74) is 34.2. The number of carboxylic acid groups (broad SMARTS) is 1. The summed E-state index contributed by atoms with van der Waals surface area (Å²) in [5.74, 6) is -8.02. The van der Waals surface area contributed by atoms with Crippen LogP contribution in [0.3, 0.4) is 0 Å². The molecule has 80 heavy (non-hydrogen) atoms. The number of amides is 9. The lowest BCUT2D eigenvalue weighted by Gasteiger charge is -2.27. The van der Waals surface area contributed by atoms with Crippen LogP contribution in [0.4, 0.5) is 5.82 Å². The molecule has 2 rings (SSSR count). The number of nitrogen functional groups attached to an aromatic ring is 1. The van der Waals surface area contributed by atoms with Crippen LogP contribution in [0, 0.1) is 11.8 Å². The van der Waals surface area contributed by atoms with Crippen molar-refractivity contribution in [3.8, 4) is 0 Å². The number of hydrogen-bond donors (Lipinski definition) is 15. The third-order valence-electron chi connectivity index (χ3n) is 11.8. The predicted octanol–water partition coefficient (Wildman–Crippen LogP) is -5.17. The molecule has 446 valence electrons. The van der Waals surface area contributed by atoms with Crippen molar-refractivity contribution in [1.82, 2.24) is 67.0 Å². The highest BCUT2D eigenvalue weighted by Crippen LogP contribution is 2.15. The van der Waals surface area contributed by atoms with Crippen LogP contribution in [0.15, 0.2) is 22.6 Å². The molecule has 0 aromatic carbocycles. The molecule has 0 unspecified atom stereocenters. The molecule has 2 aromatic heterocycles. The summed E-state index contributed by atoms with van der Waals surface area (Å²) in [4.78, 5) is 154. The molecular formula is C48H83N21O11. The van der Waals surface area contributed by atoms with E-state index in [-0.39, 0.29) is 133 Å². The number of fused-ring (bicyclic) bond motifs is 1. The Kier molecular flexibility index (Phi) is 29.7. The van der Waals surface area contributed by atoms with E-state index in [9.17, 15) is 53.1 Å². The molecule has 0 aliphatic heterocycles. The lowest BCUT2D eigenvalue weighted by molar-refractivity contribution is -0.138. The smallest absolute Gasteiger partial charge is 0.322 e. The fourth-order valence-electron chi connectivity index (χ4n) is 7.88. The number of rotatable bonds is 37. The standard InChI is InChI=1S/C48H83N21O11/c1-26(2)19-33(42(76)58-21-37(73)74)67-45(79)30(11-7-8-15-55-35(71)22-68(18-14-49)36(72)23-69-25-61-38-39(50)59-24-60-40(38)69)64-41(75)28(5)62-43(77)31(12-9-16-56-47(51)52)65-44(78)32(13-10-17-57-48(53)54)66-46(80)34(20-27(3)4)63-29(6)70/h24-28,30-34H,7-23,49H2,1-6H3,(H,55,71)(H,58,76)(H,62,77)(H,63,70)(H,64,75)(H,65,78)(H,66,80)(H,67,79)(H,73,74)(H2,50,59,60)(H4,51,52,56)(H4,53,54,57)/t28-,30-,31-,32-,33-,34-/m0/s1. The third kappa shape index (κ3) is 25.8. The van der Waals surface area contributed by atoms with Crippen molar-refractivity contribution in [2.75, 3.05) is 51.5 Å². The van der Waals surface area contributed by atoms with Crippen LogP contribution < -0.4 is 76.9 Å². The van der Waals surface area contributed by atoms with Gasteiger partial charge in [-0.3, -0.25) is 57.9 Å². The predicted molar refractivity (Wildman–Crippen MR) is 295 cm³/mol. The maximum Gasteiger partial charge on any atom is 0.322 e. The zero-order chi connectivity index (χ0) is 60.1. The Morgan fingerprint density at radius 2 is 1.14 bits per heavy atom. The maximum absolute atomic E-state index is 14.1. The Morgan fingerprint density at radius 3 is 1.65 bits per heavy atom. The fraction of sp³-hybridized carbons (Fsp3) is 0.646. The van der Waals surface area contributed by atoms with Gasteiger partial charge in [0.2, 0.25) is 53.2 Å². The summed E-state index contributed by atoms with van der Waals surface area (Å²) in [5, 5.41) is 29.9. The van der Waals surface area contributed by atoms with Crippen LogP contribution in [0.25, 0.3) is 11.2 Å². The molecule has 0 bridgehead atoms. The van der Waals surface area contributed by atoms with Gasteiger partial charge in [0.25, 0.3) is 0 Å². The highest BCUT2D eigenvalue weighted by Gasteiger charge is 2.33. The van der Waals surface area contributed by atoms with Crippen LogP contribution in [0.1, 0.15) is 99.3 Å². The van der Waals surface area contributed by atoms with Gasteiger partial charge in [-0.05, 0) is 76.5 Å². The number of carboxylic acids is 1. The largest absolute Gasteiger partial charge is 0.480 e. The van der Waals surface area contributed by atoms with Gasteiger partial charge in [0.05, 0.1) is 12.9 Å². The van der Waals surface area contributed by atoms with E-state index in [2.05, 4.69) is 67.5 Å². The van der Waals surface area contributed by atoms with Gasteiger partial charge in [0.1, 0.15) is 61.2 Å². The zero-order valence-corrected chi connectivity index (χ0v) is 46.4. The topological polar surface area (TPSA) is 515 Å². The van der Waals surface area contributed by atoms with E-state index in [0.29, 0.717) is 11.2 Å². The number of nitrogens with two attached hydrogens (primary N) is 6. The van der Waals surface area contributed by atoms with Crippen LogP contribution in [-0.2, 0) is 54.5 Å². The highest BCUT2D eigenvalue weighted by atomic mass is 16.4. The highest BCUT2D eigenvalue weighted by molar-refractivity contribution is 5.97. The van der Waals surface area contributed by atoms with E-state index < -0.39 is 102 Å². The molecule has 32 heteroatoms. The van der Waals surface area contributed by atoms with E-state index in [1.165, 1.54) is 36.0 Å². The molecular weight excluding hydrogens is 1050 g/mol. The Labute approximate surface area is 463 Å². The van der Waals surface area contributed by atoms with Crippen molar-refractivity contribution in [3.05, 3.63) is 12.7 Å². The SMILES string of the molecule is CC(=O)N[C@@H](CC(C)C)C(=O)N[C@@H](CCCN=C(N)N)C(=O)N[C@@H](CCCN=C(N)N)C(=O)N[C@@H](C)C(=O)N[C@@H](CCCCNC(=O)CN(CCN)C(=O)Cn1cnc2c(N)ncnc21)C(=O)N[C@@H](CC(C)C)C(=O)NCC(=O)O. The Hall–Kier alpha value is -8.45. The maximum atomic E-state index is 14.1. The van der Waals surface area contributed by atoms with Gasteiger partial charge in [-0.1, -0.05) is 27.7 Å². The minimum Gasteiger partial charge on any atom is -0.480 e. The number of carbonyl (C=O) groups excluding carboxylic acids is 9. The second kappa shape index (κ2) is 35.1. The fourth-order valence-corrected chi connectivity index (χ4v) is 7.88. The van der Waals surface area contributed by atoms with Crippen molar-refractivity contribution < 1.29 is 53.1 Å². The van der Waals surface area contributed by atoms with Gasteiger partial charge in [-0.15, -0.1) is 0 Å². The van der Waals surface area contributed by atoms with Gasteiger partial charge >= 0.3 is 5.97 Å². The summed E-state index contributed by atoms with van der Waals surface area (Å²) in [6.07, 6.45) is 3.60. The molecule has 2 aromatic rings. The molecule has 0 radical (unpaired) electrons. The number of aliphatic carboxylic acids is 1. The summed E-state index contributed by atoms with van der Waals surface area (Å²) in [6, 6.07) is -7.56. The third-order valence-corrected chi connectivity index (χ3v) is 11.8. The van der Waals surface area contributed by atoms with E-state index in [0.717, 1.165) is 0 Å². The molecule has 21 N–H and O–H groups in total. The molecule has 2 heterocycles. The number of carbonyl (C=O) groups is 10. The Bertz CT molecular complexity index is 2480. The number of nitrogens with one attached hydrogen (secondary N) is 8. The van der Waals surface area contributed by atoms with Gasteiger partial charge in [0.15, 0.2) is 23.4 Å². The van der Waals surface area contributed by atoms with Crippen molar-refractivity contribution in [2.24, 2.45) is 50.5 Å². The zero-order valence-electron chi connectivity index (χ0n) is 46.4. The van der Waals surface area contributed by atoms with Crippen LogP contribution in [-0.4, -0.2) is 183 Å². The van der Waals surface area contributed by atoms with Crippen LogP contribution in [0.5, 0.6) is 0 Å². The minimum absolute atomic E-state index is 0.00739. The number of hydrogen-bond acceptors (Lipinski definition) is 17. The number of imidazole rings is 1. The van der Waals surface area contributed by atoms with Crippen LogP contribution in [0.2, 0.25) is 0 Å². The number of aliphatic imine (C=N–C) groups is 2. The second-order valence-electron chi connectivity index (χ2n) is 19.7. The lowest BCUT2D eigenvalue weighted by Crippen LogP contribution is -2.59. The molecule has 0 saturated carbocycles. The van der Waals surface area contributed by atoms with Gasteiger partial charge < -0.3 is 91.5 Å². The number of aromatic nitrogens is 4. The van der Waals surface area contributed by atoms with Crippen molar-refractivity contribution in [2.45, 2.75) is 142 Å². The first-order valence-corrected chi connectivity index (χ1v) is 26.3. The number of anilines is 1. The molecule has 0 fully saturated rings. The van der Waals surface area contributed by atoms with Crippen molar-refractivity contribution in [1.29, 1.82) is 0 Å². The van der Waals surface area contributed by atoms with E-state index in [4.69, 9.17) is 34.4 Å². The first-order valence-electron chi connectivity index (χ1n) is 26.3. The average molecular weight is 1130 g/mol. The van der Waals surface area contributed by atoms with Gasteiger partial charge in [-0.2, -0.15) is 0 Å². The summed E-state index contributed by atoms with van der Waals surface area (Å²) >= 11 is 0. The van der Waals surface area contributed by atoms with E-state index >= 15 is 0 Å². The Morgan fingerprint density at radius 1 is 0.637 bits per heavy atom. The van der Waals surface area contributed by atoms with E-state index in [1.54, 1.807) is 13.8 Å². The first-order chi connectivity index (χ1) is 37.7. The molecule has 0 spiro atoms. The molecule has 0 aliphatic rings. The second-order valence-corrected chi connectivity index (χ2v) is 19.7. The first kappa shape index (κ1) is 67.7. The van der Waals surface area contributed by atoms with Crippen LogP contribution >= 0.6 is 0 Å². The number of unbranched alkanes of at least 4 members (excludes halogenated alkanes) is 1. The Balaban J connectivity index is 2.33. The molecule has 9 amide bonds. The van der Waals surface area contributed by atoms with Gasteiger partial charge in [-0.25, -0.2) is 15.0 Å². The van der Waals surface area contributed by atoms with E-state index in [1.807, 2.05) is 13.8 Å². The number of guanidine groups is 2. The number of nitrogens with zero attached hydrogens (tertiary/aromatic N) is 7. The molecule has 0 aliphatic carbocycles. The monoisotopic (exact) mass is 1130 g/mol. The molecule has 6 atom stereocenters. The quantitative estimate of drug-likeness (QED) is 0.0171.